The van der Waals surface area contributed by atoms with Crippen LogP contribution in [-0.4, -0.2) is 41.7 Å². The van der Waals surface area contributed by atoms with Crippen molar-refractivity contribution in [1.82, 2.24) is 15.6 Å². The van der Waals surface area contributed by atoms with Crippen molar-refractivity contribution >= 4 is 16.8 Å². The first-order valence-corrected chi connectivity index (χ1v) is 7.44. The minimum absolute atomic E-state index is 0.0392. The van der Waals surface area contributed by atoms with Crippen LogP contribution in [0.3, 0.4) is 0 Å². The van der Waals surface area contributed by atoms with Gasteiger partial charge in [0.1, 0.15) is 5.69 Å². The normalized spacial score (nSPS) is 21.7. The van der Waals surface area contributed by atoms with Crippen LogP contribution in [0.1, 0.15) is 16.9 Å². The second kappa shape index (κ2) is 6.29. The van der Waals surface area contributed by atoms with E-state index in [-0.39, 0.29) is 22.9 Å². The number of rotatable bonds is 3. The zero-order valence-corrected chi connectivity index (χ0v) is 12.1. The Morgan fingerprint density at radius 1 is 1.36 bits per heavy atom. The third-order valence-electron chi connectivity index (χ3n) is 4.10. The minimum atomic E-state index is -0.454. The molecule has 1 aliphatic rings. The van der Waals surface area contributed by atoms with E-state index in [2.05, 4.69) is 15.6 Å². The summed E-state index contributed by atoms with van der Waals surface area (Å²) in [5.41, 5.74) is 0.704. The van der Waals surface area contributed by atoms with E-state index in [0.29, 0.717) is 24.0 Å². The Morgan fingerprint density at radius 3 is 3.00 bits per heavy atom. The van der Waals surface area contributed by atoms with Crippen molar-refractivity contribution < 1.29 is 9.90 Å². The number of nitrogens with one attached hydrogen (secondary N) is 3. The van der Waals surface area contributed by atoms with Gasteiger partial charge in [0.05, 0.1) is 6.10 Å². The molecule has 6 nitrogen and oxygen atoms in total. The summed E-state index contributed by atoms with van der Waals surface area (Å²) in [5, 5.41) is 16.3. The van der Waals surface area contributed by atoms with Crippen molar-refractivity contribution in [2.45, 2.75) is 12.5 Å². The molecule has 4 N–H and O–H groups in total. The number of hydrogen-bond donors (Lipinski definition) is 4. The smallest absolute Gasteiger partial charge is 0.267 e. The van der Waals surface area contributed by atoms with E-state index in [1.807, 2.05) is 6.07 Å². The van der Waals surface area contributed by atoms with Crippen molar-refractivity contribution in [1.29, 1.82) is 0 Å². The maximum atomic E-state index is 12.2. The SMILES string of the molecule is O=C(NC[C@@H]1CCNC[C@H]1O)c1cc(=O)c2ccccc2[nH]1. The molecule has 1 aromatic carbocycles. The monoisotopic (exact) mass is 301 g/mol. The number of aromatic nitrogens is 1. The molecule has 0 radical (unpaired) electrons. The lowest BCUT2D eigenvalue weighted by Gasteiger charge is -2.28. The van der Waals surface area contributed by atoms with Crippen LogP contribution in [0.25, 0.3) is 10.9 Å². The molecular weight excluding hydrogens is 282 g/mol. The van der Waals surface area contributed by atoms with Crippen LogP contribution in [-0.2, 0) is 0 Å². The first kappa shape index (κ1) is 14.7. The molecule has 0 bridgehead atoms. The highest BCUT2D eigenvalue weighted by Gasteiger charge is 2.23. The average Bonchev–Trinajstić information content (AvgIpc) is 2.54. The van der Waals surface area contributed by atoms with Crippen LogP contribution >= 0.6 is 0 Å². The van der Waals surface area contributed by atoms with Crippen LogP contribution in [0.4, 0.5) is 0 Å². The fourth-order valence-electron chi connectivity index (χ4n) is 2.77. The summed E-state index contributed by atoms with van der Waals surface area (Å²) in [6.07, 6.45) is 0.361. The van der Waals surface area contributed by atoms with Crippen molar-refractivity contribution in [3.05, 3.63) is 46.2 Å². The summed E-state index contributed by atoms with van der Waals surface area (Å²) in [4.78, 5) is 27.2. The van der Waals surface area contributed by atoms with E-state index in [4.69, 9.17) is 0 Å². The van der Waals surface area contributed by atoms with Gasteiger partial charge in [-0.25, -0.2) is 0 Å². The van der Waals surface area contributed by atoms with Gasteiger partial charge in [0.2, 0.25) is 0 Å². The van der Waals surface area contributed by atoms with E-state index in [0.717, 1.165) is 13.0 Å². The molecule has 2 atom stereocenters. The van der Waals surface area contributed by atoms with E-state index in [1.54, 1.807) is 18.2 Å². The summed E-state index contributed by atoms with van der Waals surface area (Å²) < 4.78 is 0. The molecular formula is C16H19N3O3. The largest absolute Gasteiger partial charge is 0.391 e. The summed E-state index contributed by atoms with van der Waals surface area (Å²) in [6, 6.07) is 8.41. The fraction of sp³-hybridized carbons (Fsp3) is 0.375. The van der Waals surface area contributed by atoms with Crippen molar-refractivity contribution in [3.63, 3.8) is 0 Å². The highest BCUT2D eigenvalue weighted by molar-refractivity contribution is 5.94. The number of aliphatic hydroxyl groups excluding tert-OH is 1. The number of benzene rings is 1. The molecule has 1 amide bonds. The predicted octanol–water partition coefficient (Wildman–Crippen LogP) is 0.228. The molecule has 1 aliphatic heterocycles. The fourth-order valence-corrected chi connectivity index (χ4v) is 2.77. The van der Waals surface area contributed by atoms with Crippen LogP contribution in [0.2, 0.25) is 0 Å². The lowest BCUT2D eigenvalue weighted by Crippen LogP contribution is -2.45. The quantitative estimate of drug-likeness (QED) is 0.653. The van der Waals surface area contributed by atoms with Gasteiger partial charge in [0.15, 0.2) is 5.43 Å². The van der Waals surface area contributed by atoms with E-state index >= 15 is 0 Å². The third kappa shape index (κ3) is 3.03. The number of carbonyl (C=O) groups is 1. The number of aromatic amines is 1. The molecule has 2 aromatic rings. The Labute approximate surface area is 127 Å². The van der Waals surface area contributed by atoms with Gasteiger partial charge >= 0.3 is 0 Å². The number of aliphatic hydroxyl groups is 1. The number of pyridine rings is 1. The average molecular weight is 301 g/mol. The Balaban J connectivity index is 1.73. The number of fused-ring (bicyclic) bond motifs is 1. The lowest BCUT2D eigenvalue weighted by molar-refractivity contribution is 0.0751. The number of para-hydroxylation sites is 1. The van der Waals surface area contributed by atoms with E-state index in [9.17, 15) is 14.7 Å². The van der Waals surface area contributed by atoms with Crippen molar-refractivity contribution in [3.8, 4) is 0 Å². The summed E-state index contributed by atoms with van der Waals surface area (Å²) in [7, 11) is 0. The van der Waals surface area contributed by atoms with Crippen LogP contribution in [0.15, 0.2) is 35.1 Å². The minimum Gasteiger partial charge on any atom is -0.391 e. The first-order valence-electron chi connectivity index (χ1n) is 7.44. The van der Waals surface area contributed by atoms with Crippen molar-refractivity contribution in [2.75, 3.05) is 19.6 Å². The van der Waals surface area contributed by atoms with E-state index in [1.165, 1.54) is 6.07 Å². The van der Waals surface area contributed by atoms with Crippen LogP contribution in [0, 0.1) is 5.92 Å². The Kier molecular flexibility index (Phi) is 4.22. The number of amides is 1. The molecule has 3 rings (SSSR count). The second-order valence-electron chi connectivity index (χ2n) is 5.62. The molecule has 0 spiro atoms. The summed E-state index contributed by atoms with van der Waals surface area (Å²) in [6.45, 7) is 1.79. The van der Waals surface area contributed by atoms with Gasteiger partial charge in [-0.15, -0.1) is 0 Å². The number of H-pyrrole nitrogens is 1. The highest BCUT2D eigenvalue weighted by atomic mass is 16.3. The Morgan fingerprint density at radius 2 is 2.18 bits per heavy atom. The third-order valence-corrected chi connectivity index (χ3v) is 4.10. The molecule has 116 valence electrons. The number of hydrogen-bond acceptors (Lipinski definition) is 4. The van der Waals surface area contributed by atoms with Gasteiger partial charge < -0.3 is 20.7 Å². The zero-order chi connectivity index (χ0) is 15.5. The van der Waals surface area contributed by atoms with Crippen LogP contribution < -0.4 is 16.1 Å². The molecule has 0 aliphatic carbocycles. The second-order valence-corrected chi connectivity index (χ2v) is 5.62. The van der Waals surface area contributed by atoms with Gasteiger partial charge in [0.25, 0.3) is 5.91 Å². The van der Waals surface area contributed by atoms with Gasteiger partial charge in [-0.05, 0) is 25.1 Å². The Bertz CT molecular complexity index is 741. The topological polar surface area (TPSA) is 94.2 Å². The standard InChI is InChI=1S/C16H19N3O3/c20-14-7-13(19-12-4-2-1-3-11(12)14)16(22)18-8-10-5-6-17-9-15(10)21/h1-4,7,10,15,17,21H,5-6,8-9H2,(H,18,22)(H,19,20)/t10-,15+/m0/s1. The number of β-amino-alcohol motifs (C(OH)–C–C–N with tert-alkyl or cyclic N) is 1. The van der Waals surface area contributed by atoms with Gasteiger partial charge in [0, 0.05) is 36.0 Å². The predicted molar refractivity (Wildman–Crippen MR) is 83.9 cm³/mol. The molecule has 1 aromatic heterocycles. The maximum Gasteiger partial charge on any atom is 0.267 e. The van der Waals surface area contributed by atoms with Gasteiger partial charge in [-0.3, -0.25) is 9.59 Å². The van der Waals surface area contributed by atoms with Gasteiger partial charge in [-0.1, -0.05) is 12.1 Å². The molecule has 0 saturated carbocycles. The van der Waals surface area contributed by atoms with Crippen LogP contribution in [0.5, 0.6) is 0 Å². The first-order chi connectivity index (χ1) is 10.6. The number of piperidine rings is 1. The molecule has 1 saturated heterocycles. The number of carbonyl (C=O) groups excluding carboxylic acids is 1. The van der Waals surface area contributed by atoms with Crippen molar-refractivity contribution in [2.24, 2.45) is 5.92 Å². The molecule has 1 fully saturated rings. The Hall–Kier alpha value is -2.18. The molecule has 6 heteroatoms. The van der Waals surface area contributed by atoms with E-state index < -0.39 is 6.10 Å². The summed E-state index contributed by atoms with van der Waals surface area (Å²) >= 11 is 0. The highest BCUT2D eigenvalue weighted by Crippen LogP contribution is 2.12. The lowest BCUT2D eigenvalue weighted by atomic mass is 9.95. The molecule has 22 heavy (non-hydrogen) atoms. The summed E-state index contributed by atoms with van der Waals surface area (Å²) in [5.74, 6) is -0.286. The molecule has 0 unspecified atom stereocenters. The maximum absolute atomic E-state index is 12.2. The zero-order valence-electron chi connectivity index (χ0n) is 12.1. The van der Waals surface area contributed by atoms with Gasteiger partial charge in [-0.2, -0.15) is 0 Å². The molecule has 2 heterocycles.